The molecule has 1 aromatic heterocycles. The predicted octanol–water partition coefficient (Wildman–Crippen LogP) is 2.47. The second kappa shape index (κ2) is 12.4. The number of aromatic amines is 1. The number of thiol groups is 1. The minimum atomic E-state index is -1.61. The molecule has 1 aromatic rings. The van der Waals surface area contributed by atoms with E-state index in [4.69, 9.17) is 0 Å². The number of hydrogen-bond donors (Lipinski definition) is 7. The number of allylic oxidation sites excluding steroid dienone is 2. The van der Waals surface area contributed by atoms with Gasteiger partial charge in [0, 0.05) is 53.5 Å². The largest absolute Gasteiger partial charge is 0.481 e. The maximum atomic E-state index is 12.6. The molecule has 0 aromatic carbocycles. The lowest BCUT2D eigenvalue weighted by Crippen LogP contribution is -2.48. The normalized spacial score (nSPS) is 29.4. The molecule has 7 N–H and O–H groups in total. The molecular weight excluding hydrogens is 596 g/mol. The summed E-state index contributed by atoms with van der Waals surface area (Å²) in [6, 6.07) is -0.418. The van der Waals surface area contributed by atoms with E-state index >= 15 is 0 Å². The van der Waals surface area contributed by atoms with Crippen molar-refractivity contribution < 1.29 is 34.5 Å². The van der Waals surface area contributed by atoms with E-state index in [1.54, 1.807) is 6.92 Å². The van der Waals surface area contributed by atoms with Crippen LogP contribution in [0.4, 0.5) is 0 Å². The van der Waals surface area contributed by atoms with Crippen LogP contribution in [-0.4, -0.2) is 66.8 Å². The average molecular weight is 638 g/mol. The molecule has 0 saturated carbocycles. The first-order chi connectivity index (χ1) is 21.2. The Morgan fingerprint density at radius 1 is 1.07 bits per heavy atom. The second-order valence-electron chi connectivity index (χ2n) is 12.4. The van der Waals surface area contributed by atoms with Crippen LogP contribution in [0.1, 0.15) is 69.0 Å². The third kappa shape index (κ3) is 6.39. The monoisotopic (exact) mass is 637 g/mol. The Balaban J connectivity index is 1.53. The van der Waals surface area contributed by atoms with Gasteiger partial charge in [-0.1, -0.05) is 19.6 Å². The molecule has 12 heteroatoms. The van der Waals surface area contributed by atoms with Crippen LogP contribution in [0.25, 0.3) is 12.2 Å². The quantitative estimate of drug-likeness (QED) is 0.104. The molecule has 4 aliphatic rings. The maximum absolute atomic E-state index is 12.6. The van der Waals surface area contributed by atoms with E-state index in [-0.39, 0.29) is 49.8 Å². The first-order valence-corrected chi connectivity index (χ1v) is 16.3. The van der Waals surface area contributed by atoms with Crippen LogP contribution >= 0.6 is 0 Å². The fraction of sp³-hybridized carbons (Fsp3) is 0.455. The number of H-pyrrole nitrogens is 1. The topological polar surface area (TPSA) is 181 Å². The summed E-state index contributed by atoms with van der Waals surface area (Å²) in [5.41, 5.74) is 5.47. The third-order valence-corrected chi connectivity index (χ3v) is 10.7. The van der Waals surface area contributed by atoms with E-state index in [1.807, 2.05) is 32.9 Å². The second-order valence-corrected chi connectivity index (χ2v) is 13.8. The highest BCUT2D eigenvalue weighted by molar-refractivity contribution is 7.86. The Hall–Kier alpha value is -4.03. The van der Waals surface area contributed by atoms with E-state index in [2.05, 4.69) is 27.5 Å². The fourth-order valence-corrected chi connectivity index (χ4v) is 7.72. The molecule has 0 aliphatic carbocycles. The molecular formula is C33H41N4O7S+. The lowest BCUT2D eigenvalue weighted by molar-refractivity contribution is -0.138. The highest BCUT2D eigenvalue weighted by Gasteiger charge is 2.52. The van der Waals surface area contributed by atoms with Crippen molar-refractivity contribution in [2.75, 3.05) is 5.75 Å². The van der Waals surface area contributed by atoms with E-state index in [1.165, 1.54) is 17.8 Å². The zero-order valence-corrected chi connectivity index (χ0v) is 26.8. The number of amides is 2. The van der Waals surface area contributed by atoms with Crippen molar-refractivity contribution in [1.82, 2.24) is 20.9 Å². The van der Waals surface area contributed by atoms with Gasteiger partial charge in [-0.15, -0.1) is 0 Å². The minimum Gasteiger partial charge on any atom is -0.481 e. The van der Waals surface area contributed by atoms with Gasteiger partial charge >= 0.3 is 11.9 Å². The number of aliphatic carboxylic acids is 2. The van der Waals surface area contributed by atoms with Gasteiger partial charge in [-0.2, -0.15) is 0 Å². The van der Waals surface area contributed by atoms with Gasteiger partial charge in [0.15, 0.2) is 16.7 Å². The number of nitrogens with one attached hydrogen (secondary N) is 4. The van der Waals surface area contributed by atoms with Crippen LogP contribution < -0.4 is 16.0 Å². The van der Waals surface area contributed by atoms with Crippen LogP contribution in [0.2, 0.25) is 0 Å². The maximum Gasteiger partial charge on any atom is 0.303 e. The van der Waals surface area contributed by atoms with Crippen molar-refractivity contribution in [3.05, 3.63) is 68.9 Å². The van der Waals surface area contributed by atoms with Crippen LogP contribution in [0.15, 0.2) is 46.3 Å². The summed E-state index contributed by atoms with van der Waals surface area (Å²) in [5, 5.41) is 40.0. The predicted molar refractivity (Wildman–Crippen MR) is 173 cm³/mol. The SMILES string of the molecule is C=CC1=C(C)[C@@](O)(CC2N/C(=C\c3[nH]c(/C=C4\NC(=O)[C@H](C)[C@H]4[C@H]4C[SH+]4)c(C)c3CCC(=O)O)C(CCC(=O)O)=C2C)NC1=O. The Morgan fingerprint density at radius 3 is 2.33 bits per heavy atom. The summed E-state index contributed by atoms with van der Waals surface area (Å²) in [7, 11) is 0. The molecule has 1 unspecified atom stereocenters. The van der Waals surface area contributed by atoms with Gasteiger partial charge in [-0.05, 0) is 85.4 Å². The lowest BCUT2D eigenvalue weighted by atomic mass is 9.91. The molecule has 5 atom stereocenters. The van der Waals surface area contributed by atoms with Crippen molar-refractivity contribution in [1.29, 1.82) is 0 Å². The first-order valence-electron chi connectivity index (χ1n) is 15.1. The number of carbonyl (C=O) groups excluding carboxylic acids is 2. The molecule has 4 aliphatic heterocycles. The summed E-state index contributed by atoms with van der Waals surface area (Å²) >= 11 is 1.34. The van der Waals surface area contributed by atoms with Gasteiger partial charge in [0.25, 0.3) is 5.91 Å². The number of rotatable bonds is 12. The Labute approximate surface area is 266 Å². The van der Waals surface area contributed by atoms with Gasteiger partial charge in [-0.3, -0.25) is 19.2 Å². The van der Waals surface area contributed by atoms with Gasteiger partial charge in [0.2, 0.25) is 5.91 Å². The molecule has 0 bridgehead atoms. The highest BCUT2D eigenvalue weighted by atomic mass is 32.2. The Morgan fingerprint density at radius 2 is 1.73 bits per heavy atom. The van der Waals surface area contributed by atoms with Crippen LogP contribution in [-0.2, 0) is 37.4 Å². The number of carboxylic acid groups (broad SMARTS) is 2. The standard InChI is InChI=1S/C33H40N4O7S/c1-6-19-18(5)33(44,37-32(19)43)13-26-16(3)21(8-10-29(40)41)24(35-26)12-23-20(7-9-28(38)39)15(2)22(34-23)11-25-30(27-14-45-27)17(4)31(42)36-25/h6,11-12,17,26-27,30,34-35,44H,1,7-10,13-14H2,2-5H3,(H,36,42)(H,37,43)(H,38,39)(H,40,41)/p+1/b24-12-,25-11-/t17-,26?,27-,30-,33+/m1/s1. The summed E-state index contributed by atoms with van der Waals surface area (Å²) in [5.74, 6) is -1.23. The van der Waals surface area contributed by atoms with Gasteiger partial charge in [-0.25, -0.2) is 0 Å². The van der Waals surface area contributed by atoms with Crippen LogP contribution in [0.3, 0.4) is 0 Å². The Kier molecular flexibility index (Phi) is 8.92. The van der Waals surface area contributed by atoms with E-state index in [9.17, 15) is 34.5 Å². The third-order valence-electron chi connectivity index (χ3n) is 9.55. The van der Waals surface area contributed by atoms with Gasteiger partial charge in [0.05, 0.1) is 12.0 Å². The number of carbonyl (C=O) groups is 4. The summed E-state index contributed by atoms with van der Waals surface area (Å²) in [6.45, 7) is 11.1. The van der Waals surface area contributed by atoms with E-state index < -0.39 is 29.6 Å². The molecule has 0 spiro atoms. The van der Waals surface area contributed by atoms with Gasteiger partial charge in [0.1, 0.15) is 0 Å². The first kappa shape index (κ1) is 32.4. The minimum absolute atomic E-state index is 0.00119. The molecule has 0 radical (unpaired) electrons. The highest BCUT2D eigenvalue weighted by Crippen LogP contribution is 2.40. The smallest absolute Gasteiger partial charge is 0.303 e. The summed E-state index contributed by atoms with van der Waals surface area (Å²) in [6.07, 6.45) is 5.67. The van der Waals surface area contributed by atoms with Crippen molar-refractivity contribution in [3.63, 3.8) is 0 Å². The molecule has 45 heavy (non-hydrogen) atoms. The number of hydrogen-bond acceptors (Lipinski definition) is 6. The van der Waals surface area contributed by atoms with Crippen molar-refractivity contribution in [2.45, 2.75) is 76.8 Å². The number of carboxylic acids is 2. The number of aliphatic hydroxyl groups is 1. The summed E-state index contributed by atoms with van der Waals surface area (Å²) < 4.78 is 0. The molecule has 240 valence electrons. The van der Waals surface area contributed by atoms with E-state index in [0.29, 0.717) is 27.8 Å². The van der Waals surface area contributed by atoms with Crippen LogP contribution in [0.5, 0.6) is 0 Å². The molecule has 5 rings (SSSR count). The molecule has 2 amide bonds. The summed E-state index contributed by atoms with van der Waals surface area (Å²) in [4.78, 5) is 51.6. The van der Waals surface area contributed by atoms with E-state index in [0.717, 1.165) is 39.4 Å². The van der Waals surface area contributed by atoms with Crippen molar-refractivity contribution in [2.24, 2.45) is 11.8 Å². The molecule has 5 heterocycles. The zero-order valence-electron chi connectivity index (χ0n) is 25.9. The number of aromatic nitrogens is 1. The fourth-order valence-electron chi connectivity index (χ4n) is 6.72. The van der Waals surface area contributed by atoms with Crippen molar-refractivity contribution in [3.8, 4) is 0 Å². The van der Waals surface area contributed by atoms with Gasteiger partial charge < -0.3 is 36.3 Å². The molecule has 11 nitrogen and oxygen atoms in total. The molecule has 2 saturated heterocycles. The average Bonchev–Trinajstić information content (AvgIpc) is 3.57. The lowest BCUT2D eigenvalue weighted by Gasteiger charge is -2.29. The molecule has 2 fully saturated rings. The Bertz CT molecular complexity index is 1610. The van der Waals surface area contributed by atoms with Crippen LogP contribution in [0, 0.1) is 18.8 Å². The van der Waals surface area contributed by atoms with Crippen molar-refractivity contribution >= 4 is 47.7 Å². The zero-order chi connectivity index (χ0) is 32.8.